The minimum Gasteiger partial charge on any atom is -0.374 e. The third-order valence-corrected chi connectivity index (χ3v) is 4.28. The summed E-state index contributed by atoms with van der Waals surface area (Å²) in [6.45, 7) is 4.43. The van der Waals surface area contributed by atoms with E-state index in [-0.39, 0.29) is 6.10 Å². The first-order valence-electron chi connectivity index (χ1n) is 8.27. The van der Waals surface area contributed by atoms with Crippen LogP contribution in [0.25, 0.3) is 5.69 Å². The number of rotatable bonds is 5. The van der Waals surface area contributed by atoms with Gasteiger partial charge in [-0.05, 0) is 29.8 Å². The Morgan fingerprint density at radius 1 is 1.04 bits per heavy atom. The zero-order valence-electron chi connectivity index (χ0n) is 13.5. The van der Waals surface area contributed by atoms with E-state index in [0.717, 1.165) is 38.5 Å². The lowest BCUT2D eigenvalue weighted by Gasteiger charge is -2.32. The normalized spacial score (nSPS) is 18.8. The second-order valence-corrected chi connectivity index (χ2v) is 6.07. The van der Waals surface area contributed by atoms with E-state index in [1.165, 1.54) is 5.56 Å². The number of nitrogens with zero attached hydrogens (tertiary/aromatic N) is 5. The quantitative estimate of drug-likeness (QED) is 0.720. The van der Waals surface area contributed by atoms with E-state index in [2.05, 4.69) is 39.4 Å². The molecule has 0 saturated carbocycles. The van der Waals surface area contributed by atoms with Crippen molar-refractivity contribution in [1.82, 2.24) is 24.5 Å². The fourth-order valence-corrected chi connectivity index (χ4v) is 3.09. The summed E-state index contributed by atoms with van der Waals surface area (Å²) in [5, 5.41) is 8.52. The molecule has 0 unspecified atom stereocenters. The Kier molecular flexibility index (Phi) is 4.40. The van der Waals surface area contributed by atoms with Crippen molar-refractivity contribution < 1.29 is 4.74 Å². The minimum absolute atomic E-state index is 0.196. The fraction of sp³-hybridized carbons (Fsp3) is 0.333. The van der Waals surface area contributed by atoms with Gasteiger partial charge in [0.15, 0.2) is 0 Å². The van der Waals surface area contributed by atoms with Crippen LogP contribution in [-0.2, 0) is 17.8 Å². The highest BCUT2D eigenvalue weighted by Crippen LogP contribution is 2.14. The number of ether oxygens (including phenoxy) is 1. The highest BCUT2D eigenvalue weighted by atomic mass is 16.5. The highest BCUT2D eigenvalue weighted by Gasteiger charge is 2.21. The molecule has 24 heavy (non-hydrogen) atoms. The van der Waals surface area contributed by atoms with Crippen molar-refractivity contribution in [3.8, 4) is 5.69 Å². The van der Waals surface area contributed by atoms with E-state index in [1.54, 1.807) is 6.20 Å². The van der Waals surface area contributed by atoms with Crippen molar-refractivity contribution >= 4 is 0 Å². The van der Waals surface area contributed by atoms with Gasteiger partial charge in [-0.3, -0.25) is 9.58 Å². The lowest BCUT2D eigenvalue weighted by atomic mass is 10.1. The Labute approximate surface area is 141 Å². The first-order valence-corrected chi connectivity index (χ1v) is 8.27. The van der Waals surface area contributed by atoms with Crippen molar-refractivity contribution in [1.29, 1.82) is 0 Å². The van der Waals surface area contributed by atoms with Crippen LogP contribution in [0.2, 0.25) is 0 Å². The van der Waals surface area contributed by atoms with E-state index in [1.807, 2.05) is 40.1 Å². The summed E-state index contributed by atoms with van der Waals surface area (Å²) in [5.41, 5.74) is 2.40. The average Bonchev–Trinajstić information content (AvgIpc) is 3.29. The lowest BCUT2D eigenvalue weighted by molar-refractivity contribution is -0.0402. The second-order valence-electron chi connectivity index (χ2n) is 6.07. The minimum atomic E-state index is 0.196. The number of aromatic nitrogens is 4. The van der Waals surface area contributed by atoms with Gasteiger partial charge in [-0.25, -0.2) is 4.68 Å². The molecule has 1 aliphatic heterocycles. The molecule has 2 aromatic heterocycles. The molecule has 6 heteroatoms. The van der Waals surface area contributed by atoms with Gasteiger partial charge in [0, 0.05) is 44.4 Å². The largest absolute Gasteiger partial charge is 0.374 e. The van der Waals surface area contributed by atoms with Gasteiger partial charge in [0.2, 0.25) is 0 Å². The van der Waals surface area contributed by atoms with Crippen molar-refractivity contribution in [2.45, 2.75) is 19.2 Å². The molecule has 0 amide bonds. The van der Waals surface area contributed by atoms with E-state index in [9.17, 15) is 0 Å². The van der Waals surface area contributed by atoms with Gasteiger partial charge in [-0.2, -0.15) is 10.2 Å². The monoisotopic (exact) mass is 323 g/mol. The topological polar surface area (TPSA) is 48.1 Å². The van der Waals surface area contributed by atoms with Crippen LogP contribution in [0.15, 0.2) is 61.2 Å². The van der Waals surface area contributed by atoms with Gasteiger partial charge in [0.25, 0.3) is 0 Å². The predicted molar refractivity (Wildman–Crippen MR) is 90.8 cm³/mol. The molecule has 0 spiro atoms. The molecule has 3 aromatic rings. The third-order valence-electron chi connectivity index (χ3n) is 4.28. The van der Waals surface area contributed by atoms with Gasteiger partial charge >= 0.3 is 0 Å². The fourth-order valence-electron chi connectivity index (χ4n) is 3.09. The number of benzene rings is 1. The Hall–Kier alpha value is -2.44. The molecule has 1 aromatic carbocycles. The van der Waals surface area contributed by atoms with Crippen LogP contribution in [0.1, 0.15) is 5.56 Å². The molecule has 3 heterocycles. The third kappa shape index (κ3) is 3.55. The van der Waals surface area contributed by atoms with Gasteiger partial charge in [-0.15, -0.1) is 0 Å². The molecular formula is C18H21N5O. The maximum Gasteiger partial charge on any atom is 0.0898 e. The van der Waals surface area contributed by atoms with Crippen LogP contribution in [-0.4, -0.2) is 50.3 Å². The van der Waals surface area contributed by atoms with Gasteiger partial charge in [0.05, 0.1) is 24.9 Å². The molecule has 0 radical (unpaired) electrons. The molecule has 4 rings (SSSR count). The Balaban J connectivity index is 1.36. The average molecular weight is 323 g/mol. The molecule has 1 saturated heterocycles. The molecule has 0 N–H and O–H groups in total. The summed E-state index contributed by atoms with van der Waals surface area (Å²) in [6, 6.07) is 12.5. The molecule has 124 valence electrons. The molecule has 1 aliphatic rings. The van der Waals surface area contributed by atoms with E-state index < -0.39 is 0 Å². The van der Waals surface area contributed by atoms with Crippen molar-refractivity contribution in [3.05, 3.63) is 66.7 Å². The highest BCUT2D eigenvalue weighted by molar-refractivity contribution is 5.33. The molecule has 1 atom stereocenters. The molecule has 0 aliphatic carbocycles. The van der Waals surface area contributed by atoms with Crippen LogP contribution in [0.3, 0.4) is 0 Å². The van der Waals surface area contributed by atoms with E-state index >= 15 is 0 Å². The molecular weight excluding hydrogens is 302 g/mol. The number of morpholine rings is 1. The smallest absolute Gasteiger partial charge is 0.0898 e. The first-order chi connectivity index (χ1) is 11.9. The summed E-state index contributed by atoms with van der Waals surface area (Å²) < 4.78 is 9.68. The molecule has 6 nitrogen and oxygen atoms in total. The lowest BCUT2D eigenvalue weighted by Crippen LogP contribution is -2.43. The molecule has 0 bridgehead atoms. The van der Waals surface area contributed by atoms with Crippen LogP contribution in [0.5, 0.6) is 0 Å². The molecule has 1 fully saturated rings. The van der Waals surface area contributed by atoms with Gasteiger partial charge < -0.3 is 4.74 Å². The van der Waals surface area contributed by atoms with Crippen molar-refractivity contribution in [2.24, 2.45) is 0 Å². The Morgan fingerprint density at radius 3 is 2.62 bits per heavy atom. The zero-order valence-corrected chi connectivity index (χ0v) is 13.5. The zero-order chi connectivity index (χ0) is 16.2. The van der Waals surface area contributed by atoms with Crippen LogP contribution < -0.4 is 0 Å². The SMILES string of the molecule is c1cnn(C[C@@H]2CN(Cc3ccc(-n4cccn4)cc3)CCO2)c1. The van der Waals surface area contributed by atoms with Crippen LogP contribution in [0, 0.1) is 0 Å². The summed E-state index contributed by atoms with van der Waals surface area (Å²) in [6.07, 6.45) is 7.73. The van der Waals surface area contributed by atoms with Crippen molar-refractivity contribution in [2.75, 3.05) is 19.7 Å². The maximum absolute atomic E-state index is 5.87. The summed E-state index contributed by atoms with van der Waals surface area (Å²) in [7, 11) is 0. The predicted octanol–water partition coefficient (Wildman–Crippen LogP) is 1.97. The summed E-state index contributed by atoms with van der Waals surface area (Å²) in [4.78, 5) is 2.45. The van der Waals surface area contributed by atoms with E-state index in [4.69, 9.17) is 4.74 Å². The first kappa shape index (κ1) is 15.1. The number of hydrogen-bond donors (Lipinski definition) is 0. The van der Waals surface area contributed by atoms with Crippen molar-refractivity contribution in [3.63, 3.8) is 0 Å². The summed E-state index contributed by atoms with van der Waals surface area (Å²) >= 11 is 0. The second kappa shape index (κ2) is 6.98. The summed E-state index contributed by atoms with van der Waals surface area (Å²) in [5.74, 6) is 0. The number of hydrogen-bond acceptors (Lipinski definition) is 4. The maximum atomic E-state index is 5.87. The van der Waals surface area contributed by atoms with Crippen LogP contribution in [0.4, 0.5) is 0 Å². The Morgan fingerprint density at radius 2 is 1.88 bits per heavy atom. The van der Waals surface area contributed by atoms with Crippen LogP contribution >= 0.6 is 0 Å². The van der Waals surface area contributed by atoms with Gasteiger partial charge in [0.1, 0.15) is 0 Å². The standard InChI is InChI=1S/C18H21N5O/c1-7-19-22(9-1)15-18-14-21(11-12-24-18)13-16-3-5-17(6-4-16)23-10-2-8-20-23/h1-10,18H,11-15H2/t18-/m0/s1. The Bertz CT molecular complexity index is 736. The van der Waals surface area contributed by atoms with Gasteiger partial charge in [-0.1, -0.05) is 12.1 Å². The van der Waals surface area contributed by atoms with E-state index in [0.29, 0.717) is 0 Å².